The quantitative estimate of drug-likeness (QED) is 0.475. The molecule has 0 radical (unpaired) electrons. The Morgan fingerprint density at radius 3 is 2.27 bits per heavy atom. The SMILES string of the molecule is CCOP(=O)(Cc1ccc(C(=O)Nc2cc(C)nn2-c2ccccc2)cc1)OCC. The summed E-state index contributed by atoms with van der Waals surface area (Å²) in [5, 5.41) is 7.37. The molecule has 158 valence electrons. The van der Waals surface area contributed by atoms with Crippen LogP contribution in [0.5, 0.6) is 0 Å². The highest BCUT2D eigenvalue weighted by atomic mass is 31.2. The van der Waals surface area contributed by atoms with Crippen molar-refractivity contribution in [2.45, 2.75) is 26.9 Å². The second-order valence-electron chi connectivity index (χ2n) is 6.67. The fraction of sp³-hybridized carbons (Fsp3) is 0.273. The molecule has 7 nitrogen and oxygen atoms in total. The summed E-state index contributed by atoms with van der Waals surface area (Å²) >= 11 is 0. The van der Waals surface area contributed by atoms with E-state index in [4.69, 9.17) is 9.05 Å². The van der Waals surface area contributed by atoms with Gasteiger partial charge in [0.15, 0.2) is 0 Å². The van der Waals surface area contributed by atoms with Crippen LogP contribution < -0.4 is 5.32 Å². The molecule has 0 atom stereocenters. The standard InChI is InChI=1S/C22H26N3O4P/c1-4-28-30(27,29-5-2)16-18-11-13-19(14-12-18)22(26)23-21-15-17(3)24-25(21)20-9-7-6-8-10-20/h6-15H,4-5,16H2,1-3H3,(H,23,26). The van der Waals surface area contributed by atoms with E-state index in [9.17, 15) is 9.36 Å². The average molecular weight is 427 g/mol. The highest BCUT2D eigenvalue weighted by Gasteiger charge is 2.24. The number of nitrogens with zero attached hydrogens (tertiary/aromatic N) is 2. The molecule has 0 saturated carbocycles. The number of hydrogen-bond donors (Lipinski definition) is 1. The van der Waals surface area contributed by atoms with Gasteiger partial charge in [-0.15, -0.1) is 0 Å². The smallest absolute Gasteiger partial charge is 0.309 e. The molecule has 0 aliphatic carbocycles. The second kappa shape index (κ2) is 9.85. The normalized spacial score (nSPS) is 11.4. The Balaban J connectivity index is 1.74. The number of carbonyl (C=O) groups excluding carboxylic acids is 1. The summed E-state index contributed by atoms with van der Waals surface area (Å²) in [7, 11) is -3.18. The van der Waals surface area contributed by atoms with Crippen LogP contribution >= 0.6 is 7.60 Å². The first-order valence-corrected chi connectivity index (χ1v) is 11.6. The third-order valence-electron chi connectivity index (χ3n) is 4.32. The Morgan fingerprint density at radius 1 is 1.03 bits per heavy atom. The van der Waals surface area contributed by atoms with Gasteiger partial charge in [-0.3, -0.25) is 9.36 Å². The molecule has 3 aromatic rings. The van der Waals surface area contributed by atoms with E-state index in [0.717, 1.165) is 16.9 Å². The van der Waals surface area contributed by atoms with Crippen molar-refractivity contribution in [3.63, 3.8) is 0 Å². The number of benzene rings is 2. The van der Waals surface area contributed by atoms with E-state index in [1.165, 1.54) is 0 Å². The second-order valence-corrected chi connectivity index (χ2v) is 8.73. The molecule has 1 amide bonds. The van der Waals surface area contributed by atoms with Gasteiger partial charge in [-0.25, -0.2) is 4.68 Å². The summed E-state index contributed by atoms with van der Waals surface area (Å²) in [5.74, 6) is 0.335. The van der Waals surface area contributed by atoms with Gasteiger partial charge < -0.3 is 14.4 Å². The summed E-state index contributed by atoms with van der Waals surface area (Å²) in [5.41, 5.74) is 2.92. The molecule has 30 heavy (non-hydrogen) atoms. The molecule has 0 aliphatic heterocycles. The molecule has 3 rings (SSSR count). The largest absolute Gasteiger partial charge is 0.335 e. The monoisotopic (exact) mass is 427 g/mol. The minimum atomic E-state index is -3.18. The maximum atomic E-state index is 12.8. The van der Waals surface area contributed by atoms with E-state index in [0.29, 0.717) is 24.6 Å². The van der Waals surface area contributed by atoms with Crippen molar-refractivity contribution < 1.29 is 18.4 Å². The minimum Gasteiger partial charge on any atom is -0.309 e. The zero-order valence-corrected chi connectivity index (χ0v) is 18.3. The zero-order chi connectivity index (χ0) is 21.6. The lowest BCUT2D eigenvalue weighted by molar-refractivity contribution is 0.102. The van der Waals surface area contributed by atoms with Gasteiger partial charge in [0.05, 0.1) is 30.8 Å². The van der Waals surface area contributed by atoms with Gasteiger partial charge in [-0.2, -0.15) is 5.10 Å². The van der Waals surface area contributed by atoms with Gasteiger partial charge in [-0.05, 0) is 50.6 Å². The molecular formula is C22H26N3O4P. The number of rotatable bonds is 9. The molecular weight excluding hydrogens is 401 g/mol. The van der Waals surface area contributed by atoms with Crippen molar-refractivity contribution in [2.75, 3.05) is 18.5 Å². The Kier molecular flexibility index (Phi) is 7.21. The van der Waals surface area contributed by atoms with Gasteiger partial charge in [-0.1, -0.05) is 30.3 Å². The van der Waals surface area contributed by atoms with Crippen LogP contribution in [-0.4, -0.2) is 28.9 Å². The van der Waals surface area contributed by atoms with E-state index in [2.05, 4.69) is 10.4 Å². The maximum absolute atomic E-state index is 12.8. The Bertz CT molecular complexity index is 1020. The zero-order valence-electron chi connectivity index (χ0n) is 17.4. The van der Waals surface area contributed by atoms with Crippen molar-refractivity contribution in [2.24, 2.45) is 0 Å². The number of amides is 1. The van der Waals surface area contributed by atoms with Crippen LogP contribution in [0, 0.1) is 6.92 Å². The van der Waals surface area contributed by atoms with E-state index in [1.807, 2.05) is 43.3 Å². The van der Waals surface area contributed by atoms with Crippen LogP contribution in [0.15, 0.2) is 60.7 Å². The topological polar surface area (TPSA) is 82.5 Å². The summed E-state index contributed by atoms with van der Waals surface area (Å²) in [6.45, 7) is 6.05. The Labute approximate surface area is 176 Å². The molecule has 0 aliphatic rings. The molecule has 0 bridgehead atoms. The predicted molar refractivity (Wildman–Crippen MR) is 117 cm³/mol. The molecule has 1 heterocycles. The van der Waals surface area contributed by atoms with Gasteiger partial charge in [0.1, 0.15) is 5.82 Å². The average Bonchev–Trinajstić information content (AvgIpc) is 3.09. The Morgan fingerprint density at radius 2 is 1.67 bits per heavy atom. The molecule has 1 N–H and O–H groups in total. The third kappa shape index (κ3) is 5.45. The molecule has 0 fully saturated rings. The van der Waals surface area contributed by atoms with Gasteiger partial charge >= 0.3 is 7.60 Å². The van der Waals surface area contributed by atoms with Crippen LogP contribution in [0.25, 0.3) is 5.69 Å². The number of nitrogens with one attached hydrogen (secondary N) is 1. The van der Waals surface area contributed by atoms with Crippen LogP contribution in [0.4, 0.5) is 5.82 Å². The van der Waals surface area contributed by atoms with Crippen LogP contribution in [0.1, 0.15) is 35.5 Å². The minimum absolute atomic E-state index is 0.163. The Hall–Kier alpha value is -2.73. The van der Waals surface area contributed by atoms with Crippen LogP contribution in [-0.2, 0) is 19.8 Å². The summed E-state index contributed by atoms with van der Waals surface area (Å²) in [6, 6.07) is 18.3. The van der Waals surface area contributed by atoms with Gasteiger partial charge in [0.2, 0.25) is 0 Å². The first kappa shape index (κ1) is 22.0. The highest BCUT2D eigenvalue weighted by Crippen LogP contribution is 2.51. The number of aromatic nitrogens is 2. The first-order chi connectivity index (χ1) is 14.4. The van der Waals surface area contributed by atoms with Crippen molar-refractivity contribution in [1.82, 2.24) is 9.78 Å². The molecule has 2 aromatic carbocycles. The number of hydrogen-bond acceptors (Lipinski definition) is 5. The molecule has 1 aromatic heterocycles. The highest BCUT2D eigenvalue weighted by molar-refractivity contribution is 7.53. The third-order valence-corrected chi connectivity index (χ3v) is 6.37. The van der Waals surface area contributed by atoms with Crippen molar-refractivity contribution in [3.05, 3.63) is 77.5 Å². The van der Waals surface area contributed by atoms with E-state index in [-0.39, 0.29) is 12.1 Å². The fourth-order valence-electron chi connectivity index (χ4n) is 3.05. The number of anilines is 1. The lowest BCUT2D eigenvalue weighted by atomic mass is 10.1. The first-order valence-electron chi connectivity index (χ1n) is 9.84. The molecule has 0 unspecified atom stereocenters. The van der Waals surface area contributed by atoms with Crippen LogP contribution in [0.3, 0.4) is 0 Å². The molecule has 8 heteroatoms. The summed E-state index contributed by atoms with van der Waals surface area (Å²) in [6.07, 6.45) is 0.163. The van der Waals surface area contributed by atoms with Gasteiger partial charge in [0, 0.05) is 11.6 Å². The van der Waals surface area contributed by atoms with Crippen molar-refractivity contribution in [3.8, 4) is 5.69 Å². The predicted octanol–water partition coefficient (Wildman–Crippen LogP) is 5.20. The number of carbonyl (C=O) groups is 1. The fourth-order valence-corrected chi connectivity index (χ4v) is 4.75. The number of aryl methyl sites for hydroxylation is 1. The van der Waals surface area contributed by atoms with E-state index < -0.39 is 7.60 Å². The molecule has 0 spiro atoms. The maximum Gasteiger partial charge on any atom is 0.335 e. The molecule has 0 saturated heterocycles. The van der Waals surface area contributed by atoms with Crippen molar-refractivity contribution >= 4 is 19.3 Å². The number of para-hydroxylation sites is 1. The summed E-state index contributed by atoms with van der Waals surface area (Å²) in [4.78, 5) is 12.8. The van der Waals surface area contributed by atoms with E-state index >= 15 is 0 Å². The lowest BCUT2D eigenvalue weighted by Gasteiger charge is -2.17. The summed E-state index contributed by atoms with van der Waals surface area (Å²) < 4.78 is 25.0. The van der Waals surface area contributed by atoms with E-state index in [1.54, 1.807) is 42.8 Å². The van der Waals surface area contributed by atoms with Gasteiger partial charge in [0.25, 0.3) is 5.91 Å². The lowest BCUT2D eigenvalue weighted by Crippen LogP contribution is -2.15. The van der Waals surface area contributed by atoms with Crippen molar-refractivity contribution in [1.29, 1.82) is 0 Å². The van der Waals surface area contributed by atoms with Crippen LogP contribution in [0.2, 0.25) is 0 Å².